The number of fused-ring (bicyclic) bond motifs is 7. The molecule has 4 nitrogen and oxygen atoms in total. The van der Waals surface area contributed by atoms with Crippen molar-refractivity contribution in [1.29, 1.82) is 0 Å². The summed E-state index contributed by atoms with van der Waals surface area (Å²) < 4.78 is 6.28. The van der Waals surface area contributed by atoms with E-state index in [4.69, 9.17) is 4.74 Å². The van der Waals surface area contributed by atoms with Gasteiger partial charge in [0.1, 0.15) is 5.60 Å². The van der Waals surface area contributed by atoms with Gasteiger partial charge in [-0.15, -0.1) is 30.6 Å². The average Bonchev–Trinajstić information content (AvgIpc) is 3.05. The van der Waals surface area contributed by atoms with Crippen molar-refractivity contribution in [2.45, 2.75) is 36.6 Å². The number of aliphatic hydroxyl groups is 1. The molecule has 5 heterocycles. The maximum Gasteiger partial charge on any atom is 0.187 e. The molecule has 0 spiro atoms. The molecule has 5 aliphatic rings. The van der Waals surface area contributed by atoms with Gasteiger partial charge >= 0.3 is 0 Å². The molecule has 4 saturated heterocycles. The standard InChI is InChI=1S/C19H24N2O2.HI/c1-2-13-12-21-9-7-14(13)11-17(21)19-18(22,8-10-23-19)15-5-3-4-6-16(15)20-19;/h2-6,13-14,17,20,22H,1,7-12H2;1H/t13-,14-,17-,18+,19-;/m0./s1. The van der Waals surface area contributed by atoms with Crippen LogP contribution in [0.15, 0.2) is 36.9 Å². The zero-order chi connectivity index (χ0) is 15.7. The highest BCUT2D eigenvalue weighted by molar-refractivity contribution is 14.0. The van der Waals surface area contributed by atoms with Gasteiger partial charge in [0.15, 0.2) is 5.72 Å². The number of nitrogens with one attached hydrogen (secondary N) is 1. The lowest BCUT2D eigenvalue weighted by atomic mass is 9.70. The van der Waals surface area contributed by atoms with Crippen LogP contribution in [0.5, 0.6) is 0 Å². The predicted molar refractivity (Wildman–Crippen MR) is 104 cm³/mol. The van der Waals surface area contributed by atoms with E-state index in [0.717, 1.165) is 30.8 Å². The van der Waals surface area contributed by atoms with E-state index in [-0.39, 0.29) is 30.0 Å². The molecule has 0 aliphatic carbocycles. The fraction of sp³-hybridized carbons (Fsp3) is 0.579. The van der Waals surface area contributed by atoms with Crippen molar-refractivity contribution in [2.24, 2.45) is 11.8 Å². The molecule has 5 heteroatoms. The van der Waals surface area contributed by atoms with Crippen LogP contribution in [0.25, 0.3) is 0 Å². The van der Waals surface area contributed by atoms with Crippen LogP contribution in [0.2, 0.25) is 0 Å². The number of rotatable bonds is 2. The van der Waals surface area contributed by atoms with Gasteiger partial charge in [-0.25, -0.2) is 0 Å². The molecule has 4 fully saturated rings. The number of hydrogen-bond acceptors (Lipinski definition) is 4. The van der Waals surface area contributed by atoms with Gasteiger partial charge in [0.2, 0.25) is 0 Å². The van der Waals surface area contributed by atoms with Gasteiger partial charge in [-0.3, -0.25) is 4.90 Å². The number of hydrogen-bond donors (Lipinski definition) is 2. The number of ether oxygens (including phenoxy) is 1. The van der Waals surface area contributed by atoms with E-state index in [1.165, 1.54) is 6.42 Å². The number of nitrogens with zero attached hydrogens (tertiary/aromatic N) is 1. The molecule has 24 heavy (non-hydrogen) atoms. The molecule has 0 radical (unpaired) electrons. The van der Waals surface area contributed by atoms with Gasteiger partial charge in [-0.2, -0.15) is 0 Å². The first-order valence-electron chi connectivity index (χ1n) is 8.78. The van der Waals surface area contributed by atoms with E-state index in [2.05, 4.69) is 28.9 Å². The maximum absolute atomic E-state index is 11.6. The van der Waals surface area contributed by atoms with Crippen molar-refractivity contribution in [3.8, 4) is 0 Å². The summed E-state index contributed by atoms with van der Waals surface area (Å²) in [6.07, 6.45) is 5.08. The molecule has 5 aliphatic heterocycles. The van der Waals surface area contributed by atoms with Crippen molar-refractivity contribution in [3.63, 3.8) is 0 Å². The van der Waals surface area contributed by atoms with Crippen molar-refractivity contribution < 1.29 is 9.84 Å². The van der Waals surface area contributed by atoms with Gasteiger partial charge in [-0.05, 0) is 37.3 Å². The highest BCUT2D eigenvalue weighted by atomic mass is 127. The number of halogens is 1. The Balaban J connectivity index is 0.00000146. The summed E-state index contributed by atoms with van der Waals surface area (Å²) in [6.45, 7) is 6.76. The molecule has 2 bridgehead atoms. The Morgan fingerprint density at radius 2 is 2.21 bits per heavy atom. The Morgan fingerprint density at radius 3 is 2.96 bits per heavy atom. The zero-order valence-electron chi connectivity index (χ0n) is 13.8. The van der Waals surface area contributed by atoms with Crippen molar-refractivity contribution in [2.75, 3.05) is 25.0 Å². The normalized spacial score (nSPS) is 45.0. The molecule has 1 aromatic carbocycles. The maximum atomic E-state index is 11.6. The third-order valence-electron chi connectivity index (χ3n) is 6.68. The van der Waals surface area contributed by atoms with Crippen LogP contribution < -0.4 is 5.32 Å². The summed E-state index contributed by atoms with van der Waals surface area (Å²) in [7, 11) is 0. The fourth-order valence-electron chi connectivity index (χ4n) is 5.51. The molecule has 6 rings (SSSR count). The lowest BCUT2D eigenvalue weighted by molar-refractivity contribution is -0.168. The van der Waals surface area contributed by atoms with Gasteiger partial charge in [0.25, 0.3) is 0 Å². The first kappa shape index (κ1) is 16.8. The van der Waals surface area contributed by atoms with Crippen LogP contribution in [0.4, 0.5) is 5.69 Å². The molecule has 6 atom stereocenters. The molecule has 130 valence electrons. The van der Waals surface area contributed by atoms with E-state index in [1.807, 2.05) is 18.2 Å². The fourth-order valence-corrected chi connectivity index (χ4v) is 5.51. The summed E-state index contributed by atoms with van der Waals surface area (Å²) in [6, 6.07) is 8.35. The lowest BCUT2D eigenvalue weighted by Gasteiger charge is -2.55. The third-order valence-corrected chi connectivity index (χ3v) is 6.68. The molecule has 0 saturated carbocycles. The van der Waals surface area contributed by atoms with Crippen molar-refractivity contribution in [3.05, 3.63) is 42.5 Å². The monoisotopic (exact) mass is 440 g/mol. The second-order valence-corrected chi connectivity index (χ2v) is 7.56. The Bertz CT molecular complexity index is 669. The van der Waals surface area contributed by atoms with Crippen LogP contribution in [-0.4, -0.2) is 41.5 Å². The van der Waals surface area contributed by atoms with Crippen LogP contribution in [0.3, 0.4) is 0 Å². The minimum absolute atomic E-state index is 0. The van der Waals surface area contributed by atoms with Gasteiger partial charge < -0.3 is 15.2 Å². The predicted octanol–water partition coefficient (Wildman–Crippen LogP) is 2.93. The quantitative estimate of drug-likeness (QED) is 0.549. The molecular weight excluding hydrogens is 415 g/mol. The number of benzene rings is 1. The molecule has 1 aromatic rings. The first-order valence-corrected chi connectivity index (χ1v) is 8.78. The second kappa shape index (κ2) is 5.69. The Labute approximate surface area is 160 Å². The summed E-state index contributed by atoms with van der Waals surface area (Å²) in [5, 5.41) is 15.2. The minimum atomic E-state index is -0.921. The minimum Gasteiger partial charge on any atom is -0.380 e. The van der Waals surface area contributed by atoms with E-state index >= 15 is 0 Å². The zero-order valence-corrected chi connectivity index (χ0v) is 16.1. The number of anilines is 1. The van der Waals surface area contributed by atoms with Gasteiger partial charge in [0.05, 0.1) is 12.6 Å². The topological polar surface area (TPSA) is 44.7 Å². The summed E-state index contributed by atoms with van der Waals surface area (Å²) in [5.41, 5.74) is 0.412. The summed E-state index contributed by atoms with van der Waals surface area (Å²) in [5.74, 6) is 1.24. The molecular formula is C19H25IN2O2. The van der Waals surface area contributed by atoms with Crippen LogP contribution in [-0.2, 0) is 10.3 Å². The molecule has 0 aromatic heterocycles. The summed E-state index contributed by atoms with van der Waals surface area (Å²) >= 11 is 0. The van der Waals surface area contributed by atoms with Gasteiger partial charge in [0, 0.05) is 24.2 Å². The van der Waals surface area contributed by atoms with E-state index < -0.39 is 11.3 Å². The van der Waals surface area contributed by atoms with Crippen LogP contribution >= 0.6 is 24.0 Å². The van der Waals surface area contributed by atoms with Crippen LogP contribution in [0.1, 0.15) is 24.8 Å². The smallest absolute Gasteiger partial charge is 0.187 e. The van der Waals surface area contributed by atoms with Crippen molar-refractivity contribution in [1.82, 2.24) is 4.90 Å². The van der Waals surface area contributed by atoms with E-state index in [1.54, 1.807) is 0 Å². The number of piperidine rings is 3. The average molecular weight is 440 g/mol. The summed E-state index contributed by atoms with van der Waals surface area (Å²) in [4.78, 5) is 2.52. The molecule has 1 unspecified atom stereocenters. The second-order valence-electron chi connectivity index (χ2n) is 7.56. The Morgan fingerprint density at radius 1 is 1.38 bits per heavy atom. The van der Waals surface area contributed by atoms with Gasteiger partial charge in [-0.1, -0.05) is 24.3 Å². The SMILES string of the molecule is C=C[C@H]1CN2CC[C@H]1C[C@H]2[C@@]12Nc3ccccc3[C@]1(O)CCO2.I. The Hall–Kier alpha value is -0.630. The Kier molecular flexibility index (Phi) is 3.99. The molecule has 2 N–H and O–H groups in total. The largest absolute Gasteiger partial charge is 0.380 e. The lowest BCUT2D eigenvalue weighted by Crippen LogP contribution is -2.68. The van der Waals surface area contributed by atoms with Crippen LogP contribution in [0, 0.1) is 11.8 Å². The highest BCUT2D eigenvalue weighted by Crippen LogP contribution is 2.57. The first-order chi connectivity index (χ1) is 11.2. The van der Waals surface area contributed by atoms with E-state index in [0.29, 0.717) is 24.9 Å². The third kappa shape index (κ3) is 1.95. The highest BCUT2D eigenvalue weighted by Gasteiger charge is 2.67. The number of para-hydroxylation sites is 1. The van der Waals surface area contributed by atoms with E-state index in [9.17, 15) is 5.11 Å². The molecule has 0 amide bonds. The van der Waals surface area contributed by atoms with Crippen molar-refractivity contribution >= 4 is 29.7 Å².